The summed E-state index contributed by atoms with van der Waals surface area (Å²) in [6.07, 6.45) is 5.31. The summed E-state index contributed by atoms with van der Waals surface area (Å²) in [4.78, 5) is 9.51. The van der Waals surface area contributed by atoms with Crippen LogP contribution < -0.4 is 5.32 Å². The summed E-state index contributed by atoms with van der Waals surface area (Å²) >= 11 is 0. The fourth-order valence-electron chi connectivity index (χ4n) is 4.55. The number of rotatable bonds is 4. The molecule has 1 N–H and O–H groups in total. The quantitative estimate of drug-likeness (QED) is 0.630. The Morgan fingerprint density at radius 1 is 1.29 bits per heavy atom. The van der Waals surface area contributed by atoms with Gasteiger partial charge in [-0.3, -0.25) is 14.6 Å². The van der Waals surface area contributed by atoms with Gasteiger partial charge in [-0.15, -0.1) is 0 Å². The molecule has 0 bridgehead atoms. The van der Waals surface area contributed by atoms with Crippen molar-refractivity contribution in [3.05, 3.63) is 18.0 Å². The Bertz CT molecular complexity index is 660. The minimum Gasteiger partial charge on any atom is -0.370 e. The van der Waals surface area contributed by atoms with Crippen LogP contribution in [0.4, 0.5) is 0 Å². The lowest BCUT2D eigenvalue weighted by Gasteiger charge is -2.46. The number of ether oxygens (including phenoxy) is 1. The van der Waals surface area contributed by atoms with Gasteiger partial charge >= 0.3 is 0 Å². The van der Waals surface area contributed by atoms with Crippen molar-refractivity contribution in [1.29, 1.82) is 0 Å². The topological polar surface area (TPSA) is 57.9 Å². The van der Waals surface area contributed by atoms with E-state index in [4.69, 9.17) is 4.74 Å². The van der Waals surface area contributed by atoms with Crippen LogP contribution in [-0.4, -0.2) is 77.5 Å². The zero-order chi connectivity index (χ0) is 20.3. The summed E-state index contributed by atoms with van der Waals surface area (Å²) < 4.78 is 7.81. The normalized spacial score (nSPS) is 27.9. The Morgan fingerprint density at radius 2 is 2.00 bits per heavy atom. The van der Waals surface area contributed by atoms with Gasteiger partial charge in [0.15, 0.2) is 5.96 Å². The molecular weight excluding hydrogens is 352 g/mol. The maximum atomic E-state index is 5.98. The standard InChI is InChI=1S/C21H38N6O/c1-16-9-17(2)12-27(11-16)21(3,4)15-23-20(22-5)26-7-8-28-19(14-26)18-10-24-25(6)13-18/h10,13,16-17,19H,7-9,11-12,14-15H2,1-6H3,(H,22,23). The second kappa shape index (κ2) is 8.82. The van der Waals surface area contributed by atoms with Gasteiger partial charge in [0, 0.05) is 57.6 Å². The number of morpholine rings is 1. The molecule has 0 radical (unpaired) electrons. The summed E-state index contributed by atoms with van der Waals surface area (Å²) in [5, 5.41) is 7.92. The largest absolute Gasteiger partial charge is 0.370 e. The van der Waals surface area contributed by atoms with Crippen molar-refractivity contribution in [2.45, 2.75) is 45.8 Å². The Morgan fingerprint density at radius 3 is 2.61 bits per heavy atom. The molecule has 3 rings (SSSR count). The fourth-order valence-corrected chi connectivity index (χ4v) is 4.55. The Kier molecular flexibility index (Phi) is 6.65. The molecule has 2 aliphatic rings. The maximum Gasteiger partial charge on any atom is 0.193 e. The van der Waals surface area contributed by atoms with Crippen molar-refractivity contribution < 1.29 is 4.74 Å². The number of nitrogens with zero attached hydrogens (tertiary/aromatic N) is 5. The average molecular weight is 391 g/mol. The number of aliphatic imine (C=N–C) groups is 1. The second-order valence-electron chi connectivity index (χ2n) is 9.32. The van der Waals surface area contributed by atoms with Crippen molar-refractivity contribution in [3.8, 4) is 0 Å². The lowest BCUT2D eigenvalue weighted by atomic mass is 9.88. The zero-order valence-corrected chi connectivity index (χ0v) is 18.5. The van der Waals surface area contributed by atoms with Gasteiger partial charge in [-0.1, -0.05) is 13.8 Å². The molecule has 28 heavy (non-hydrogen) atoms. The first kappa shape index (κ1) is 21.1. The number of aromatic nitrogens is 2. The van der Waals surface area contributed by atoms with Crippen LogP contribution in [-0.2, 0) is 11.8 Å². The summed E-state index contributed by atoms with van der Waals surface area (Å²) in [6, 6.07) is 0. The molecule has 3 unspecified atom stereocenters. The van der Waals surface area contributed by atoms with E-state index in [1.807, 2.05) is 31.2 Å². The fraction of sp³-hybridized carbons (Fsp3) is 0.810. The van der Waals surface area contributed by atoms with Gasteiger partial charge in [0.05, 0.1) is 19.3 Å². The van der Waals surface area contributed by atoms with Crippen LogP contribution in [0.15, 0.2) is 17.4 Å². The number of nitrogens with one attached hydrogen (secondary N) is 1. The minimum atomic E-state index is 0.0396. The summed E-state index contributed by atoms with van der Waals surface area (Å²) in [7, 11) is 3.81. The molecule has 2 aliphatic heterocycles. The molecule has 158 valence electrons. The molecule has 7 heteroatoms. The molecule has 3 heterocycles. The number of piperidine rings is 1. The Labute approximate surface area is 170 Å². The highest BCUT2D eigenvalue weighted by molar-refractivity contribution is 5.80. The zero-order valence-electron chi connectivity index (χ0n) is 18.5. The van der Waals surface area contributed by atoms with E-state index < -0.39 is 0 Å². The number of hydrogen-bond donors (Lipinski definition) is 1. The van der Waals surface area contributed by atoms with Crippen molar-refractivity contribution in [2.24, 2.45) is 23.9 Å². The first-order valence-electron chi connectivity index (χ1n) is 10.6. The number of likely N-dealkylation sites (tertiary alicyclic amines) is 1. The smallest absolute Gasteiger partial charge is 0.193 e. The van der Waals surface area contributed by atoms with Gasteiger partial charge in [0.2, 0.25) is 0 Å². The predicted octanol–water partition coefficient (Wildman–Crippen LogP) is 2.13. The highest BCUT2D eigenvalue weighted by Crippen LogP contribution is 2.27. The molecule has 0 aliphatic carbocycles. The maximum absolute atomic E-state index is 5.98. The van der Waals surface area contributed by atoms with Crippen LogP contribution in [0.1, 0.15) is 45.8 Å². The van der Waals surface area contributed by atoms with E-state index in [1.165, 1.54) is 19.5 Å². The third kappa shape index (κ3) is 5.06. The van der Waals surface area contributed by atoms with Gasteiger partial charge in [0.1, 0.15) is 6.10 Å². The molecule has 3 atom stereocenters. The van der Waals surface area contributed by atoms with E-state index in [9.17, 15) is 0 Å². The second-order valence-corrected chi connectivity index (χ2v) is 9.32. The molecule has 7 nitrogen and oxygen atoms in total. The van der Waals surface area contributed by atoms with E-state index in [1.54, 1.807) is 0 Å². The van der Waals surface area contributed by atoms with E-state index in [2.05, 4.69) is 52.9 Å². The minimum absolute atomic E-state index is 0.0396. The van der Waals surface area contributed by atoms with E-state index in [0.717, 1.165) is 43.0 Å². The van der Waals surface area contributed by atoms with Gasteiger partial charge in [-0.2, -0.15) is 5.10 Å². The third-order valence-corrected chi connectivity index (χ3v) is 6.08. The molecule has 2 saturated heterocycles. The number of aryl methyl sites for hydroxylation is 1. The van der Waals surface area contributed by atoms with Crippen LogP contribution in [0.2, 0.25) is 0 Å². The molecule has 0 amide bonds. The lowest BCUT2D eigenvalue weighted by molar-refractivity contribution is -0.00858. The monoisotopic (exact) mass is 390 g/mol. The van der Waals surface area contributed by atoms with Gasteiger partial charge in [-0.05, 0) is 32.1 Å². The molecule has 0 aromatic carbocycles. The lowest BCUT2D eigenvalue weighted by Crippen LogP contribution is -2.58. The van der Waals surface area contributed by atoms with Crippen molar-refractivity contribution >= 4 is 5.96 Å². The van der Waals surface area contributed by atoms with Crippen molar-refractivity contribution in [1.82, 2.24) is 24.9 Å². The third-order valence-electron chi connectivity index (χ3n) is 6.08. The Hall–Kier alpha value is -1.60. The number of hydrogen-bond acceptors (Lipinski definition) is 4. The average Bonchev–Trinajstić information content (AvgIpc) is 3.08. The Balaban J connectivity index is 1.59. The molecule has 2 fully saturated rings. The highest BCUT2D eigenvalue weighted by atomic mass is 16.5. The van der Waals surface area contributed by atoms with Crippen LogP contribution in [0, 0.1) is 11.8 Å². The molecule has 1 aromatic heterocycles. The van der Waals surface area contributed by atoms with Crippen LogP contribution in [0.25, 0.3) is 0 Å². The van der Waals surface area contributed by atoms with Gasteiger partial charge < -0.3 is 15.0 Å². The van der Waals surface area contributed by atoms with Gasteiger partial charge in [-0.25, -0.2) is 0 Å². The summed E-state index contributed by atoms with van der Waals surface area (Å²) in [6.45, 7) is 15.0. The van der Waals surface area contributed by atoms with E-state index >= 15 is 0 Å². The molecule has 0 spiro atoms. The van der Waals surface area contributed by atoms with Crippen LogP contribution in [0.5, 0.6) is 0 Å². The van der Waals surface area contributed by atoms with Crippen molar-refractivity contribution in [2.75, 3.05) is 46.4 Å². The summed E-state index contributed by atoms with van der Waals surface area (Å²) in [5.74, 6) is 2.49. The van der Waals surface area contributed by atoms with Gasteiger partial charge in [0.25, 0.3) is 0 Å². The van der Waals surface area contributed by atoms with Crippen LogP contribution >= 0.6 is 0 Å². The molecule has 1 aromatic rings. The summed E-state index contributed by atoms with van der Waals surface area (Å²) in [5.41, 5.74) is 1.22. The van der Waals surface area contributed by atoms with Crippen molar-refractivity contribution in [3.63, 3.8) is 0 Å². The molecular formula is C21H38N6O. The van der Waals surface area contributed by atoms with Crippen LogP contribution in [0.3, 0.4) is 0 Å². The SMILES string of the molecule is CN=C(NCC(C)(C)N1CC(C)CC(C)C1)N1CCOC(c2cnn(C)c2)C1. The van der Waals surface area contributed by atoms with E-state index in [0.29, 0.717) is 6.61 Å². The number of guanidine groups is 1. The van der Waals surface area contributed by atoms with E-state index in [-0.39, 0.29) is 11.6 Å². The highest BCUT2D eigenvalue weighted by Gasteiger charge is 2.33. The first-order valence-corrected chi connectivity index (χ1v) is 10.6. The predicted molar refractivity (Wildman–Crippen MR) is 113 cm³/mol. The molecule has 0 saturated carbocycles. The first-order chi connectivity index (χ1) is 13.3.